The van der Waals surface area contributed by atoms with E-state index in [-0.39, 0.29) is 42.8 Å². The van der Waals surface area contributed by atoms with Crippen LogP contribution in [0, 0.1) is 13.0 Å². The Morgan fingerprint density at radius 3 is 2.37 bits per heavy atom. The second-order valence-corrected chi connectivity index (χ2v) is 8.66. The minimum Gasteiger partial charge on any atom is -0.512 e. The number of alkyl halides is 3. The molecule has 1 aliphatic carbocycles. The molecule has 0 aliphatic heterocycles. The van der Waals surface area contributed by atoms with Gasteiger partial charge in [-0.05, 0) is 59.1 Å². The Labute approximate surface area is 215 Å². The van der Waals surface area contributed by atoms with Crippen molar-refractivity contribution in [1.82, 2.24) is 4.98 Å². The molecule has 0 bridgehead atoms. The molecule has 1 heterocycles. The van der Waals surface area contributed by atoms with Crippen LogP contribution in [0.1, 0.15) is 37.5 Å². The second kappa shape index (κ2) is 9.56. The third-order valence-corrected chi connectivity index (χ3v) is 6.22. The number of carbonyl (C=O) groups excluding carboxylic acids is 1. The summed E-state index contributed by atoms with van der Waals surface area (Å²) in [5.41, 5.74) is 0.236. The summed E-state index contributed by atoms with van der Waals surface area (Å²) in [5.74, 6) is -0.0625. The first kappa shape index (κ1) is 26.6. The van der Waals surface area contributed by atoms with Crippen molar-refractivity contribution >= 4 is 27.3 Å². The summed E-state index contributed by atoms with van der Waals surface area (Å²) >= 11 is 0. The molecule has 0 saturated heterocycles. The van der Waals surface area contributed by atoms with Crippen LogP contribution < -0.4 is 0 Å². The van der Waals surface area contributed by atoms with Crippen molar-refractivity contribution < 1.29 is 43.2 Å². The Bertz CT molecular complexity index is 1470. The molecule has 1 aromatic heterocycles. The maximum Gasteiger partial charge on any atom is 0.394 e. The Morgan fingerprint density at radius 2 is 1.77 bits per heavy atom. The molecular formula is C28H23F3IrNO2-. The number of nitrogens with zero attached hydrogens (tertiary/aromatic N) is 1. The van der Waals surface area contributed by atoms with Crippen LogP contribution >= 0.6 is 0 Å². The van der Waals surface area contributed by atoms with Crippen LogP contribution in [0.25, 0.3) is 32.8 Å². The van der Waals surface area contributed by atoms with E-state index >= 15 is 0 Å². The predicted molar refractivity (Wildman–Crippen MR) is 128 cm³/mol. The molecule has 0 saturated carbocycles. The number of aromatic nitrogens is 1. The van der Waals surface area contributed by atoms with Crippen molar-refractivity contribution in [2.24, 2.45) is 0 Å². The van der Waals surface area contributed by atoms with E-state index < -0.39 is 11.6 Å². The zero-order valence-electron chi connectivity index (χ0n) is 19.5. The largest absolute Gasteiger partial charge is 0.512 e. The van der Waals surface area contributed by atoms with Gasteiger partial charge in [-0.15, -0.1) is 35.4 Å². The molecule has 0 fully saturated rings. The van der Waals surface area contributed by atoms with Crippen molar-refractivity contribution in [3.05, 3.63) is 89.3 Å². The number of benzene rings is 3. The molecule has 1 N–H and O–H groups in total. The average molecular weight is 655 g/mol. The third kappa shape index (κ3) is 4.39. The second-order valence-electron chi connectivity index (χ2n) is 8.66. The van der Waals surface area contributed by atoms with Gasteiger partial charge >= 0.3 is 6.18 Å². The number of hydrogen-bond acceptors (Lipinski definition) is 3. The molecule has 1 atom stereocenters. The molecule has 0 spiro atoms. The molecule has 1 radical (unpaired) electrons. The van der Waals surface area contributed by atoms with Crippen molar-refractivity contribution in [1.29, 1.82) is 0 Å². The van der Waals surface area contributed by atoms with Crippen LogP contribution in [0.2, 0.25) is 0 Å². The number of carbonyl (C=O) groups is 1. The number of hydrogen-bond donors (Lipinski definition) is 1. The minimum absolute atomic E-state index is 0. The summed E-state index contributed by atoms with van der Waals surface area (Å²) in [6.07, 6.45) is -1.54. The standard InChI is InChI=1S/C23H15F3N.C5H8O2.Ir/c1-13-12-27-21-16-9-5-6-10-17(16)22(2,23(24,25)26)18-11-14-7-3-4-8-15(14)19(13)20(18)21;1-4(6)3-5(2)7;/h3-8,10-12H,1-2H3;3,6H,1-2H3;/q-1;;/b;4-3-;. The number of rotatable bonds is 1. The van der Waals surface area contributed by atoms with Gasteiger partial charge in [0.15, 0.2) is 5.78 Å². The van der Waals surface area contributed by atoms with Crippen molar-refractivity contribution in [3.63, 3.8) is 0 Å². The molecule has 4 aromatic rings. The molecular weight excluding hydrogens is 632 g/mol. The molecule has 1 unspecified atom stereocenters. The minimum atomic E-state index is -4.45. The fourth-order valence-corrected chi connectivity index (χ4v) is 4.67. The Morgan fingerprint density at radius 1 is 1.09 bits per heavy atom. The quantitative estimate of drug-likeness (QED) is 0.101. The molecule has 1 aliphatic rings. The molecule has 7 heteroatoms. The first-order chi connectivity index (χ1) is 16.0. The van der Waals surface area contributed by atoms with E-state index in [4.69, 9.17) is 5.11 Å². The fourth-order valence-electron chi connectivity index (χ4n) is 4.67. The number of fused-ring (bicyclic) bond motifs is 4. The van der Waals surface area contributed by atoms with E-state index in [0.717, 1.165) is 21.7 Å². The monoisotopic (exact) mass is 655 g/mol. The molecule has 183 valence electrons. The summed E-state index contributed by atoms with van der Waals surface area (Å²) in [6.45, 7) is 6.02. The number of aryl methyl sites for hydroxylation is 1. The Hall–Kier alpha value is -3.02. The summed E-state index contributed by atoms with van der Waals surface area (Å²) in [5, 5.41) is 11.5. The number of aliphatic hydroxyl groups excluding tert-OH is 1. The maximum atomic E-state index is 14.5. The number of aliphatic hydroxyl groups is 1. The molecule has 0 amide bonds. The SMILES string of the molecule is CC(=O)/C=C(/C)O.Cc1cnc2c3c(cc4ccccc4c13)C(C)(C(F)(F)F)c1ccc[c-]c1-2.[Ir]. The number of halogens is 3. The first-order valence-electron chi connectivity index (χ1n) is 10.7. The molecule has 35 heavy (non-hydrogen) atoms. The zero-order valence-corrected chi connectivity index (χ0v) is 21.9. The van der Waals surface area contributed by atoms with Gasteiger partial charge in [0.1, 0.15) is 0 Å². The van der Waals surface area contributed by atoms with Crippen LogP contribution in [-0.4, -0.2) is 22.1 Å². The number of allylic oxidation sites excluding steroid dienone is 2. The van der Waals surface area contributed by atoms with E-state index in [1.807, 2.05) is 31.2 Å². The first-order valence-corrected chi connectivity index (χ1v) is 10.7. The van der Waals surface area contributed by atoms with Crippen molar-refractivity contribution in [2.45, 2.75) is 39.3 Å². The van der Waals surface area contributed by atoms with Crippen LogP contribution in [0.3, 0.4) is 0 Å². The maximum absolute atomic E-state index is 14.5. The van der Waals surface area contributed by atoms with Crippen LogP contribution in [0.5, 0.6) is 0 Å². The van der Waals surface area contributed by atoms with Gasteiger partial charge in [-0.25, -0.2) is 0 Å². The van der Waals surface area contributed by atoms with Crippen LogP contribution in [0.15, 0.2) is 66.6 Å². The molecule has 3 aromatic carbocycles. The normalized spacial score (nSPS) is 16.7. The fraction of sp³-hybridized carbons (Fsp3) is 0.214. The van der Waals surface area contributed by atoms with Crippen LogP contribution in [0.4, 0.5) is 13.2 Å². The van der Waals surface area contributed by atoms with E-state index in [9.17, 15) is 18.0 Å². The van der Waals surface area contributed by atoms with Crippen LogP contribution in [-0.2, 0) is 30.3 Å². The number of pyridine rings is 1. The predicted octanol–water partition coefficient (Wildman–Crippen LogP) is 7.38. The van der Waals surface area contributed by atoms with Gasteiger partial charge in [-0.3, -0.25) is 4.79 Å². The zero-order chi connectivity index (χ0) is 24.8. The van der Waals surface area contributed by atoms with Gasteiger partial charge in [0.25, 0.3) is 0 Å². The summed E-state index contributed by atoms with van der Waals surface area (Å²) in [4.78, 5) is 14.6. The van der Waals surface area contributed by atoms with Crippen molar-refractivity contribution in [2.75, 3.05) is 0 Å². The topological polar surface area (TPSA) is 50.2 Å². The molecule has 3 nitrogen and oxygen atoms in total. The number of ketones is 1. The van der Waals surface area contributed by atoms with Gasteiger partial charge in [-0.1, -0.05) is 37.3 Å². The Kier molecular flexibility index (Phi) is 7.26. The van der Waals surface area contributed by atoms with E-state index in [1.165, 1.54) is 26.8 Å². The Balaban J connectivity index is 0.000000378. The summed E-state index contributed by atoms with van der Waals surface area (Å²) in [6, 6.07) is 17.1. The molecule has 5 rings (SSSR count). The smallest absolute Gasteiger partial charge is 0.394 e. The average Bonchev–Trinajstić information content (AvgIpc) is 2.76. The van der Waals surface area contributed by atoms with Gasteiger partial charge in [0, 0.05) is 32.4 Å². The van der Waals surface area contributed by atoms with E-state index in [2.05, 4.69) is 11.1 Å². The summed E-state index contributed by atoms with van der Waals surface area (Å²) < 4.78 is 43.5. The van der Waals surface area contributed by atoms with Gasteiger partial charge in [0.05, 0.1) is 11.2 Å². The summed E-state index contributed by atoms with van der Waals surface area (Å²) in [7, 11) is 0. The third-order valence-electron chi connectivity index (χ3n) is 6.22. The van der Waals surface area contributed by atoms with E-state index in [1.54, 1.807) is 30.5 Å². The van der Waals surface area contributed by atoms with Gasteiger partial charge < -0.3 is 10.1 Å². The van der Waals surface area contributed by atoms with E-state index in [0.29, 0.717) is 16.6 Å². The van der Waals surface area contributed by atoms with Gasteiger partial charge in [-0.2, -0.15) is 13.2 Å². The van der Waals surface area contributed by atoms with Gasteiger partial charge in [0.2, 0.25) is 0 Å². The van der Waals surface area contributed by atoms with Crippen molar-refractivity contribution in [3.8, 4) is 11.3 Å².